The maximum Gasteiger partial charge on any atom is 0.350 e. The molecule has 0 saturated heterocycles. The van der Waals surface area contributed by atoms with Crippen molar-refractivity contribution in [1.82, 2.24) is 19.7 Å². The van der Waals surface area contributed by atoms with Crippen LogP contribution in [0.2, 0.25) is 0 Å². The number of hydrogen-bond donors (Lipinski definition) is 2. The third kappa shape index (κ3) is 4.92. The van der Waals surface area contributed by atoms with Gasteiger partial charge in [-0.15, -0.1) is 5.10 Å². The number of aromatic nitrogens is 4. The van der Waals surface area contributed by atoms with Gasteiger partial charge in [-0.1, -0.05) is 0 Å². The van der Waals surface area contributed by atoms with Crippen LogP contribution in [-0.4, -0.2) is 46.1 Å². The molecule has 162 valence electrons. The number of carbonyl (C=O) groups excluding carboxylic acids is 1. The highest BCUT2D eigenvalue weighted by atomic mass is 32.2. The second kappa shape index (κ2) is 8.74. The molecule has 3 aromatic rings. The predicted octanol–water partition coefficient (Wildman–Crippen LogP) is 1.59. The lowest BCUT2D eigenvalue weighted by Crippen LogP contribution is -2.24. The molecule has 0 spiro atoms. The van der Waals surface area contributed by atoms with E-state index in [0.29, 0.717) is 5.69 Å². The van der Waals surface area contributed by atoms with Gasteiger partial charge in [0.2, 0.25) is 11.9 Å². The molecular weight excluding hydrogens is 430 g/mol. The molecular formula is C17H17N7O6S. The highest BCUT2D eigenvalue weighted by molar-refractivity contribution is 7.92. The molecule has 13 nitrogen and oxygen atoms in total. The first kappa shape index (κ1) is 21.6. The Balaban J connectivity index is 1.70. The summed E-state index contributed by atoms with van der Waals surface area (Å²) in [6.45, 7) is 1.49. The SMILES string of the molecule is COc1nn(C(C)C(=O)Nc2ccc(S(=O)(=O)Nc3ncccn3)cc2)cc1[N+](=O)[O-]. The lowest BCUT2D eigenvalue weighted by molar-refractivity contribution is -0.385. The average Bonchev–Trinajstić information content (AvgIpc) is 3.19. The number of hydrogen-bond acceptors (Lipinski definition) is 9. The van der Waals surface area contributed by atoms with E-state index in [9.17, 15) is 23.3 Å². The van der Waals surface area contributed by atoms with Crippen molar-refractivity contribution in [2.24, 2.45) is 0 Å². The van der Waals surface area contributed by atoms with Gasteiger partial charge >= 0.3 is 11.6 Å². The number of anilines is 2. The summed E-state index contributed by atoms with van der Waals surface area (Å²) in [5.41, 5.74) is -0.0491. The summed E-state index contributed by atoms with van der Waals surface area (Å²) in [5, 5.41) is 17.5. The van der Waals surface area contributed by atoms with E-state index in [0.717, 1.165) is 10.9 Å². The van der Waals surface area contributed by atoms with Gasteiger partial charge in [0.25, 0.3) is 10.0 Å². The Bertz CT molecular complexity index is 1200. The van der Waals surface area contributed by atoms with E-state index in [1.54, 1.807) is 6.07 Å². The lowest BCUT2D eigenvalue weighted by atomic mass is 10.2. The predicted molar refractivity (Wildman–Crippen MR) is 108 cm³/mol. The zero-order valence-corrected chi connectivity index (χ0v) is 17.1. The first-order valence-electron chi connectivity index (χ1n) is 8.69. The van der Waals surface area contributed by atoms with Crippen molar-refractivity contribution in [3.05, 3.63) is 59.0 Å². The number of nitrogens with one attached hydrogen (secondary N) is 2. The van der Waals surface area contributed by atoms with Crippen LogP contribution in [0.1, 0.15) is 13.0 Å². The Morgan fingerprint density at radius 2 is 1.87 bits per heavy atom. The normalized spacial score (nSPS) is 12.1. The van der Waals surface area contributed by atoms with Gasteiger partial charge in [0, 0.05) is 18.1 Å². The molecule has 1 amide bonds. The average molecular weight is 447 g/mol. The maximum atomic E-state index is 12.5. The molecule has 0 aliphatic heterocycles. The van der Waals surface area contributed by atoms with E-state index in [2.05, 4.69) is 25.1 Å². The third-order valence-corrected chi connectivity index (χ3v) is 5.41. The van der Waals surface area contributed by atoms with Gasteiger partial charge in [0.05, 0.1) is 16.9 Å². The summed E-state index contributed by atoms with van der Waals surface area (Å²) in [7, 11) is -2.68. The summed E-state index contributed by atoms with van der Waals surface area (Å²) in [6.07, 6.45) is 3.89. The molecule has 0 aliphatic rings. The number of sulfonamides is 1. The van der Waals surface area contributed by atoms with E-state index in [1.807, 2.05) is 0 Å². The second-order valence-electron chi connectivity index (χ2n) is 6.13. The van der Waals surface area contributed by atoms with Gasteiger partial charge in [0.1, 0.15) is 12.2 Å². The fourth-order valence-corrected chi connectivity index (χ4v) is 3.41. The minimum absolute atomic E-state index is 0.0570. The molecule has 0 fully saturated rings. The van der Waals surface area contributed by atoms with Gasteiger partial charge in [-0.3, -0.25) is 14.9 Å². The maximum absolute atomic E-state index is 12.5. The van der Waals surface area contributed by atoms with Crippen LogP contribution in [-0.2, 0) is 14.8 Å². The van der Waals surface area contributed by atoms with Crippen molar-refractivity contribution in [3.63, 3.8) is 0 Å². The number of methoxy groups -OCH3 is 1. The van der Waals surface area contributed by atoms with Crippen LogP contribution in [0.4, 0.5) is 17.3 Å². The Morgan fingerprint density at radius 1 is 1.23 bits per heavy atom. The standard InChI is InChI=1S/C17H17N7O6S/c1-11(23-10-14(24(26)27)16(21-23)30-2)15(25)20-12-4-6-13(7-5-12)31(28,29)22-17-18-8-3-9-19-17/h3-11H,1-2H3,(H,20,25)(H,18,19,22). The van der Waals surface area contributed by atoms with Crippen molar-refractivity contribution in [2.45, 2.75) is 17.9 Å². The van der Waals surface area contributed by atoms with Gasteiger partial charge < -0.3 is 10.1 Å². The summed E-state index contributed by atoms with van der Waals surface area (Å²) < 4.78 is 33.0. The molecule has 2 aromatic heterocycles. The number of ether oxygens (including phenoxy) is 1. The summed E-state index contributed by atoms with van der Waals surface area (Å²) in [5.74, 6) is -0.807. The molecule has 1 atom stereocenters. The lowest BCUT2D eigenvalue weighted by Gasteiger charge is -2.13. The van der Waals surface area contributed by atoms with Gasteiger partial charge in [0.15, 0.2) is 0 Å². The molecule has 0 radical (unpaired) electrons. The van der Waals surface area contributed by atoms with Crippen molar-refractivity contribution in [1.29, 1.82) is 0 Å². The molecule has 1 unspecified atom stereocenters. The molecule has 31 heavy (non-hydrogen) atoms. The van der Waals surface area contributed by atoms with Gasteiger partial charge in [-0.05, 0) is 37.3 Å². The molecule has 2 heterocycles. The molecule has 2 N–H and O–H groups in total. The minimum atomic E-state index is -3.91. The van der Waals surface area contributed by atoms with E-state index >= 15 is 0 Å². The van der Waals surface area contributed by atoms with Crippen LogP contribution in [0.25, 0.3) is 0 Å². The number of nitro groups is 1. The van der Waals surface area contributed by atoms with Gasteiger partial charge in [-0.25, -0.2) is 27.8 Å². The number of nitrogens with zero attached hydrogens (tertiary/aromatic N) is 5. The highest BCUT2D eigenvalue weighted by Gasteiger charge is 2.25. The summed E-state index contributed by atoms with van der Waals surface area (Å²) in [4.78, 5) is 30.4. The molecule has 0 aliphatic carbocycles. The Kier molecular flexibility index (Phi) is 6.10. The fourth-order valence-electron chi connectivity index (χ4n) is 2.45. The van der Waals surface area contributed by atoms with E-state index in [1.165, 1.54) is 50.7 Å². The third-order valence-electron chi connectivity index (χ3n) is 4.07. The number of rotatable bonds is 8. The largest absolute Gasteiger partial charge is 0.475 e. The zero-order chi connectivity index (χ0) is 22.6. The Labute approximate surface area is 176 Å². The molecule has 3 rings (SSSR count). The van der Waals surface area contributed by atoms with Crippen molar-refractivity contribution >= 4 is 33.3 Å². The molecule has 0 bridgehead atoms. The summed E-state index contributed by atoms with van der Waals surface area (Å²) >= 11 is 0. The van der Waals surface area contributed by atoms with Crippen LogP contribution in [0.5, 0.6) is 5.88 Å². The number of carbonyl (C=O) groups is 1. The van der Waals surface area contributed by atoms with Crippen LogP contribution in [0.15, 0.2) is 53.8 Å². The van der Waals surface area contributed by atoms with Crippen LogP contribution in [0, 0.1) is 10.1 Å². The second-order valence-corrected chi connectivity index (χ2v) is 7.81. The highest BCUT2D eigenvalue weighted by Crippen LogP contribution is 2.26. The molecule has 0 saturated carbocycles. The van der Waals surface area contributed by atoms with Crippen molar-refractivity contribution in [3.8, 4) is 5.88 Å². The van der Waals surface area contributed by atoms with Crippen LogP contribution in [0.3, 0.4) is 0 Å². The van der Waals surface area contributed by atoms with Gasteiger partial charge in [-0.2, -0.15) is 0 Å². The molecule has 1 aromatic carbocycles. The Hall–Kier alpha value is -4.07. The topological polar surface area (TPSA) is 171 Å². The van der Waals surface area contributed by atoms with Crippen molar-refractivity contribution in [2.75, 3.05) is 17.1 Å². The minimum Gasteiger partial charge on any atom is -0.475 e. The number of amides is 1. The van der Waals surface area contributed by atoms with Crippen LogP contribution >= 0.6 is 0 Å². The van der Waals surface area contributed by atoms with E-state index in [-0.39, 0.29) is 22.4 Å². The zero-order valence-electron chi connectivity index (χ0n) is 16.3. The molecule has 14 heteroatoms. The monoisotopic (exact) mass is 447 g/mol. The first-order chi connectivity index (χ1) is 14.7. The van der Waals surface area contributed by atoms with Crippen molar-refractivity contribution < 1.29 is 22.9 Å². The quantitative estimate of drug-likeness (QED) is 0.384. The number of benzene rings is 1. The van der Waals surface area contributed by atoms with E-state index in [4.69, 9.17) is 4.74 Å². The fraction of sp³-hybridized carbons (Fsp3) is 0.176. The smallest absolute Gasteiger partial charge is 0.350 e. The first-order valence-corrected chi connectivity index (χ1v) is 10.2. The van der Waals surface area contributed by atoms with E-state index < -0.39 is 26.9 Å². The Morgan fingerprint density at radius 3 is 2.42 bits per heavy atom. The van der Waals surface area contributed by atoms with Crippen LogP contribution < -0.4 is 14.8 Å². The summed E-state index contributed by atoms with van der Waals surface area (Å²) in [6, 6.07) is 6.05.